The molecular formula is C24H23NO5. The number of nitrogens with one attached hydrogen (secondary N) is 1. The van der Waals surface area contributed by atoms with E-state index < -0.39 is 11.9 Å². The van der Waals surface area contributed by atoms with Crippen LogP contribution in [0, 0.1) is 0 Å². The van der Waals surface area contributed by atoms with E-state index in [0.29, 0.717) is 11.3 Å². The fourth-order valence-electron chi connectivity index (χ4n) is 2.95. The first-order valence-electron chi connectivity index (χ1n) is 9.40. The van der Waals surface area contributed by atoms with E-state index >= 15 is 0 Å². The van der Waals surface area contributed by atoms with Crippen LogP contribution in [0.25, 0.3) is 0 Å². The Labute approximate surface area is 175 Å². The molecule has 0 aliphatic carbocycles. The van der Waals surface area contributed by atoms with Gasteiger partial charge in [-0.3, -0.25) is 4.79 Å². The molecule has 0 fully saturated rings. The molecule has 154 valence electrons. The van der Waals surface area contributed by atoms with Gasteiger partial charge in [-0.15, -0.1) is 0 Å². The normalized spacial score (nSPS) is 11.3. The molecule has 6 nitrogen and oxygen atoms in total. The van der Waals surface area contributed by atoms with E-state index in [1.807, 2.05) is 54.6 Å². The van der Waals surface area contributed by atoms with E-state index in [1.54, 1.807) is 38.5 Å². The molecule has 1 amide bonds. The van der Waals surface area contributed by atoms with Gasteiger partial charge < -0.3 is 19.5 Å². The van der Waals surface area contributed by atoms with Crippen molar-refractivity contribution < 1.29 is 23.8 Å². The van der Waals surface area contributed by atoms with Crippen LogP contribution in [0.15, 0.2) is 78.9 Å². The predicted molar refractivity (Wildman–Crippen MR) is 113 cm³/mol. The Hall–Kier alpha value is -3.80. The summed E-state index contributed by atoms with van der Waals surface area (Å²) in [6.07, 6.45) is 0. The van der Waals surface area contributed by atoms with Crippen LogP contribution in [0.1, 0.15) is 27.5 Å². The third-order valence-corrected chi connectivity index (χ3v) is 4.55. The molecular weight excluding hydrogens is 382 g/mol. The highest BCUT2D eigenvalue weighted by atomic mass is 16.5. The first kappa shape index (κ1) is 20.9. The van der Waals surface area contributed by atoms with E-state index in [0.717, 1.165) is 16.9 Å². The summed E-state index contributed by atoms with van der Waals surface area (Å²) in [6, 6.07) is 23.1. The largest absolute Gasteiger partial charge is 0.497 e. The summed E-state index contributed by atoms with van der Waals surface area (Å²) in [6.45, 7) is -0.385. The van der Waals surface area contributed by atoms with Gasteiger partial charge >= 0.3 is 5.97 Å². The molecule has 3 aromatic carbocycles. The Kier molecular flexibility index (Phi) is 7.05. The van der Waals surface area contributed by atoms with Gasteiger partial charge in [-0.05, 0) is 47.5 Å². The Morgan fingerprint density at radius 2 is 1.30 bits per heavy atom. The second-order valence-corrected chi connectivity index (χ2v) is 6.49. The molecule has 0 aromatic heterocycles. The summed E-state index contributed by atoms with van der Waals surface area (Å²) in [5, 5.41) is 2.94. The molecule has 1 atom stereocenters. The van der Waals surface area contributed by atoms with Crippen LogP contribution in [0.5, 0.6) is 11.5 Å². The molecule has 1 N–H and O–H groups in total. The Balaban J connectivity index is 1.67. The molecule has 0 unspecified atom stereocenters. The van der Waals surface area contributed by atoms with Gasteiger partial charge in [0.15, 0.2) is 6.61 Å². The number of hydrogen-bond acceptors (Lipinski definition) is 5. The second-order valence-electron chi connectivity index (χ2n) is 6.49. The van der Waals surface area contributed by atoms with Crippen molar-refractivity contribution in [3.05, 3.63) is 95.6 Å². The minimum Gasteiger partial charge on any atom is -0.497 e. The first-order valence-corrected chi connectivity index (χ1v) is 9.40. The molecule has 3 rings (SSSR count). The lowest BCUT2D eigenvalue weighted by Gasteiger charge is -2.20. The van der Waals surface area contributed by atoms with Gasteiger partial charge in [0.1, 0.15) is 11.5 Å². The fourth-order valence-corrected chi connectivity index (χ4v) is 2.95. The summed E-state index contributed by atoms with van der Waals surface area (Å²) in [5.74, 6) is 0.384. The lowest BCUT2D eigenvalue weighted by molar-refractivity contribution is -0.124. The molecule has 0 spiro atoms. The average Bonchev–Trinajstić information content (AvgIpc) is 2.81. The zero-order valence-electron chi connectivity index (χ0n) is 16.8. The van der Waals surface area contributed by atoms with E-state index in [9.17, 15) is 9.59 Å². The van der Waals surface area contributed by atoms with Crippen LogP contribution < -0.4 is 14.8 Å². The molecule has 0 bridgehead atoms. The molecule has 6 heteroatoms. The van der Waals surface area contributed by atoms with Crippen molar-refractivity contribution >= 4 is 11.9 Å². The maximum atomic E-state index is 12.5. The van der Waals surface area contributed by atoms with Gasteiger partial charge in [-0.25, -0.2) is 4.79 Å². The van der Waals surface area contributed by atoms with Gasteiger partial charge in [0.05, 0.1) is 25.8 Å². The van der Waals surface area contributed by atoms with Crippen LogP contribution in [-0.4, -0.2) is 32.7 Å². The fraction of sp³-hybridized carbons (Fsp3) is 0.167. The number of rotatable bonds is 8. The number of methoxy groups -OCH3 is 2. The third-order valence-electron chi connectivity index (χ3n) is 4.55. The third kappa shape index (κ3) is 5.38. The van der Waals surface area contributed by atoms with Crippen LogP contribution in [0.3, 0.4) is 0 Å². The highest BCUT2D eigenvalue weighted by Gasteiger charge is 2.18. The van der Waals surface area contributed by atoms with Crippen molar-refractivity contribution in [2.45, 2.75) is 6.04 Å². The van der Waals surface area contributed by atoms with Crippen molar-refractivity contribution in [3.63, 3.8) is 0 Å². The summed E-state index contributed by atoms with van der Waals surface area (Å²) < 4.78 is 15.4. The van der Waals surface area contributed by atoms with Crippen molar-refractivity contribution in [3.8, 4) is 11.5 Å². The maximum Gasteiger partial charge on any atom is 0.338 e. The molecule has 3 aromatic rings. The summed E-state index contributed by atoms with van der Waals surface area (Å²) in [5.41, 5.74) is 2.15. The Morgan fingerprint density at radius 3 is 1.87 bits per heavy atom. The number of carbonyl (C=O) groups excluding carboxylic acids is 2. The average molecular weight is 405 g/mol. The SMILES string of the molecule is COc1ccc(C(=O)OCC(=O)N[C@@H](c2ccccc2)c2ccc(OC)cc2)cc1. The van der Waals surface area contributed by atoms with Crippen LogP contribution in [0.2, 0.25) is 0 Å². The van der Waals surface area contributed by atoms with E-state index in [4.69, 9.17) is 14.2 Å². The molecule has 0 aliphatic heterocycles. The maximum absolute atomic E-state index is 12.5. The molecule has 0 aliphatic rings. The predicted octanol–water partition coefficient (Wildman–Crippen LogP) is 3.77. The zero-order chi connectivity index (χ0) is 21.3. The Bertz CT molecular complexity index is 969. The van der Waals surface area contributed by atoms with Crippen LogP contribution >= 0.6 is 0 Å². The lowest BCUT2D eigenvalue weighted by Crippen LogP contribution is -2.33. The quantitative estimate of drug-likeness (QED) is 0.578. The van der Waals surface area contributed by atoms with Gasteiger partial charge in [0, 0.05) is 0 Å². The van der Waals surface area contributed by atoms with Crippen LogP contribution in [-0.2, 0) is 9.53 Å². The number of carbonyl (C=O) groups is 2. The van der Waals surface area contributed by atoms with Crippen molar-refractivity contribution in [2.75, 3.05) is 20.8 Å². The standard InChI is InChI=1S/C24H23NO5/c1-28-20-12-8-18(9-13-20)23(17-6-4-3-5-7-17)25-22(26)16-30-24(27)19-10-14-21(29-2)15-11-19/h3-15,23H,16H2,1-2H3,(H,25,26)/t23-/m0/s1. The number of hydrogen-bond donors (Lipinski definition) is 1. The zero-order valence-corrected chi connectivity index (χ0v) is 16.8. The smallest absolute Gasteiger partial charge is 0.338 e. The monoisotopic (exact) mass is 405 g/mol. The second kappa shape index (κ2) is 10.1. The molecule has 30 heavy (non-hydrogen) atoms. The lowest BCUT2D eigenvalue weighted by atomic mass is 9.98. The minimum atomic E-state index is -0.575. The van der Waals surface area contributed by atoms with E-state index in [2.05, 4.69) is 5.32 Å². The van der Waals surface area contributed by atoms with Gasteiger partial charge in [-0.2, -0.15) is 0 Å². The minimum absolute atomic E-state index is 0.346. The summed E-state index contributed by atoms with van der Waals surface area (Å²) in [7, 11) is 3.15. The Morgan fingerprint density at radius 1 is 0.767 bits per heavy atom. The highest BCUT2D eigenvalue weighted by Crippen LogP contribution is 2.24. The van der Waals surface area contributed by atoms with E-state index in [1.165, 1.54) is 0 Å². The summed E-state index contributed by atoms with van der Waals surface area (Å²) in [4.78, 5) is 24.7. The van der Waals surface area contributed by atoms with Crippen LogP contribution in [0.4, 0.5) is 0 Å². The van der Waals surface area contributed by atoms with E-state index in [-0.39, 0.29) is 12.6 Å². The van der Waals surface area contributed by atoms with Crippen molar-refractivity contribution in [2.24, 2.45) is 0 Å². The molecule has 0 saturated heterocycles. The number of ether oxygens (including phenoxy) is 3. The van der Waals surface area contributed by atoms with Crippen molar-refractivity contribution in [1.82, 2.24) is 5.32 Å². The van der Waals surface area contributed by atoms with Crippen molar-refractivity contribution in [1.29, 1.82) is 0 Å². The summed E-state index contributed by atoms with van der Waals surface area (Å²) >= 11 is 0. The van der Waals surface area contributed by atoms with Gasteiger partial charge in [0.2, 0.25) is 0 Å². The molecule has 0 saturated carbocycles. The first-order chi connectivity index (χ1) is 14.6. The number of esters is 1. The van der Waals surface area contributed by atoms with Gasteiger partial charge in [0.25, 0.3) is 5.91 Å². The topological polar surface area (TPSA) is 73.9 Å². The highest BCUT2D eigenvalue weighted by molar-refractivity contribution is 5.91. The molecule has 0 heterocycles. The number of benzene rings is 3. The number of amides is 1. The van der Waals surface area contributed by atoms with Gasteiger partial charge in [-0.1, -0.05) is 42.5 Å². The molecule has 0 radical (unpaired) electrons.